The van der Waals surface area contributed by atoms with E-state index in [1.54, 1.807) is 0 Å². The fourth-order valence-corrected chi connectivity index (χ4v) is 2.50. The SMILES string of the molecule is O=C(O)[C@@H](Sc1ccccc1)c1ccccc1. The van der Waals surface area contributed by atoms with Gasteiger partial charge in [-0.05, 0) is 17.7 Å². The maximum absolute atomic E-state index is 11.3. The predicted molar refractivity (Wildman–Crippen MR) is 69.1 cm³/mol. The lowest BCUT2D eigenvalue weighted by Gasteiger charge is -2.12. The van der Waals surface area contributed by atoms with Gasteiger partial charge in [-0.3, -0.25) is 4.79 Å². The van der Waals surface area contributed by atoms with Gasteiger partial charge in [0, 0.05) is 4.90 Å². The van der Waals surface area contributed by atoms with Gasteiger partial charge in [-0.2, -0.15) is 0 Å². The zero-order valence-electron chi connectivity index (χ0n) is 9.11. The average Bonchev–Trinajstić information content (AvgIpc) is 2.38. The molecule has 0 spiro atoms. The summed E-state index contributed by atoms with van der Waals surface area (Å²) < 4.78 is 0. The average molecular weight is 244 g/mol. The van der Waals surface area contributed by atoms with Crippen molar-refractivity contribution in [2.75, 3.05) is 0 Å². The second-order valence-corrected chi connectivity index (χ2v) is 4.74. The van der Waals surface area contributed by atoms with Gasteiger partial charge in [0.2, 0.25) is 0 Å². The fourth-order valence-electron chi connectivity index (χ4n) is 1.52. The molecule has 0 unspecified atom stereocenters. The quantitative estimate of drug-likeness (QED) is 0.835. The normalized spacial score (nSPS) is 12.0. The summed E-state index contributed by atoms with van der Waals surface area (Å²) in [7, 11) is 0. The van der Waals surface area contributed by atoms with Gasteiger partial charge < -0.3 is 5.11 Å². The van der Waals surface area contributed by atoms with Crippen LogP contribution in [0.15, 0.2) is 65.6 Å². The fraction of sp³-hybridized carbons (Fsp3) is 0.0714. The molecule has 3 heteroatoms. The smallest absolute Gasteiger partial charge is 0.321 e. The molecule has 0 heterocycles. The highest BCUT2D eigenvalue weighted by Gasteiger charge is 2.20. The lowest BCUT2D eigenvalue weighted by atomic mass is 10.1. The second kappa shape index (κ2) is 5.55. The van der Waals surface area contributed by atoms with Crippen LogP contribution in [0, 0.1) is 0 Å². The minimum absolute atomic E-state index is 0.557. The number of carboxylic acid groups (broad SMARTS) is 1. The van der Waals surface area contributed by atoms with Crippen molar-refractivity contribution in [3.8, 4) is 0 Å². The summed E-state index contributed by atoms with van der Waals surface area (Å²) in [5.74, 6) is -0.815. The molecular formula is C14H12O2S. The van der Waals surface area contributed by atoms with Crippen LogP contribution in [0.3, 0.4) is 0 Å². The van der Waals surface area contributed by atoms with Crippen molar-refractivity contribution < 1.29 is 9.90 Å². The van der Waals surface area contributed by atoms with Crippen LogP contribution in [0.2, 0.25) is 0 Å². The molecule has 0 saturated heterocycles. The van der Waals surface area contributed by atoms with E-state index < -0.39 is 11.2 Å². The first-order valence-electron chi connectivity index (χ1n) is 5.27. The molecule has 0 aliphatic carbocycles. The largest absolute Gasteiger partial charge is 0.480 e. The monoisotopic (exact) mass is 244 g/mol. The van der Waals surface area contributed by atoms with Crippen LogP contribution < -0.4 is 0 Å². The molecule has 0 radical (unpaired) electrons. The number of rotatable bonds is 4. The molecule has 0 bridgehead atoms. The van der Waals surface area contributed by atoms with Crippen molar-refractivity contribution in [1.82, 2.24) is 0 Å². The molecule has 2 nitrogen and oxygen atoms in total. The van der Waals surface area contributed by atoms with E-state index in [0.717, 1.165) is 10.5 Å². The highest BCUT2D eigenvalue weighted by Crippen LogP contribution is 2.35. The van der Waals surface area contributed by atoms with Crippen LogP contribution in [-0.4, -0.2) is 11.1 Å². The molecule has 0 aromatic heterocycles. The molecule has 0 aliphatic rings. The Bertz CT molecular complexity index is 482. The van der Waals surface area contributed by atoms with Crippen LogP contribution >= 0.6 is 11.8 Å². The number of carbonyl (C=O) groups is 1. The van der Waals surface area contributed by atoms with Crippen LogP contribution in [0.25, 0.3) is 0 Å². The molecule has 2 aromatic rings. The lowest BCUT2D eigenvalue weighted by Crippen LogP contribution is -2.07. The van der Waals surface area contributed by atoms with E-state index in [-0.39, 0.29) is 0 Å². The molecular weight excluding hydrogens is 232 g/mol. The van der Waals surface area contributed by atoms with Gasteiger partial charge in [0.05, 0.1) is 0 Å². The Balaban J connectivity index is 2.23. The number of aliphatic carboxylic acids is 1. The van der Waals surface area contributed by atoms with Crippen molar-refractivity contribution in [2.45, 2.75) is 10.1 Å². The molecule has 0 fully saturated rings. The van der Waals surface area contributed by atoms with Gasteiger partial charge >= 0.3 is 5.97 Å². The van der Waals surface area contributed by atoms with Crippen LogP contribution in [-0.2, 0) is 4.79 Å². The Morgan fingerprint density at radius 3 is 2.00 bits per heavy atom. The van der Waals surface area contributed by atoms with Crippen LogP contribution in [0.4, 0.5) is 0 Å². The third-order valence-electron chi connectivity index (χ3n) is 2.32. The van der Waals surface area contributed by atoms with Crippen molar-refractivity contribution >= 4 is 17.7 Å². The van der Waals surface area contributed by atoms with E-state index in [1.807, 2.05) is 60.7 Å². The van der Waals surface area contributed by atoms with Crippen molar-refractivity contribution in [3.63, 3.8) is 0 Å². The summed E-state index contributed by atoms with van der Waals surface area (Å²) >= 11 is 1.35. The van der Waals surface area contributed by atoms with Crippen molar-refractivity contribution in [3.05, 3.63) is 66.2 Å². The summed E-state index contributed by atoms with van der Waals surface area (Å²) in [4.78, 5) is 12.2. The Kier molecular flexibility index (Phi) is 3.83. The molecule has 17 heavy (non-hydrogen) atoms. The van der Waals surface area contributed by atoms with Gasteiger partial charge in [-0.15, -0.1) is 11.8 Å². The molecule has 0 saturated carbocycles. The molecule has 1 atom stereocenters. The van der Waals surface area contributed by atoms with E-state index in [9.17, 15) is 9.90 Å². The Morgan fingerprint density at radius 1 is 0.941 bits per heavy atom. The van der Waals surface area contributed by atoms with Gasteiger partial charge in [0.1, 0.15) is 5.25 Å². The molecule has 86 valence electrons. The number of hydrogen-bond donors (Lipinski definition) is 1. The third-order valence-corrected chi connectivity index (χ3v) is 3.58. The standard InChI is InChI=1S/C14H12O2S/c15-14(16)13(11-7-3-1-4-8-11)17-12-9-5-2-6-10-12/h1-10,13H,(H,15,16)/t13-/m0/s1. The molecule has 2 rings (SSSR count). The van der Waals surface area contributed by atoms with Gasteiger partial charge in [0.25, 0.3) is 0 Å². The number of thioether (sulfide) groups is 1. The van der Waals surface area contributed by atoms with E-state index in [4.69, 9.17) is 0 Å². The summed E-state index contributed by atoms with van der Waals surface area (Å²) in [6, 6.07) is 18.9. The van der Waals surface area contributed by atoms with E-state index in [0.29, 0.717) is 0 Å². The van der Waals surface area contributed by atoms with Crippen LogP contribution in [0.5, 0.6) is 0 Å². The van der Waals surface area contributed by atoms with Crippen LogP contribution in [0.1, 0.15) is 10.8 Å². The molecule has 1 N–H and O–H groups in total. The van der Waals surface area contributed by atoms with Crippen molar-refractivity contribution in [2.24, 2.45) is 0 Å². The topological polar surface area (TPSA) is 37.3 Å². The van der Waals surface area contributed by atoms with Gasteiger partial charge in [-0.25, -0.2) is 0 Å². The minimum atomic E-state index is -0.815. The summed E-state index contributed by atoms with van der Waals surface area (Å²) in [6.45, 7) is 0. The molecule has 0 aliphatic heterocycles. The summed E-state index contributed by atoms with van der Waals surface area (Å²) in [5.41, 5.74) is 0.814. The molecule has 0 amide bonds. The van der Waals surface area contributed by atoms with Crippen molar-refractivity contribution in [1.29, 1.82) is 0 Å². The lowest BCUT2D eigenvalue weighted by molar-refractivity contribution is -0.136. The van der Waals surface area contributed by atoms with E-state index in [1.165, 1.54) is 11.8 Å². The Morgan fingerprint density at radius 2 is 1.47 bits per heavy atom. The highest BCUT2D eigenvalue weighted by molar-refractivity contribution is 8.00. The Labute approximate surface area is 104 Å². The van der Waals surface area contributed by atoms with Gasteiger partial charge in [-0.1, -0.05) is 48.5 Å². The maximum atomic E-state index is 11.3. The second-order valence-electron chi connectivity index (χ2n) is 3.56. The maximum Gasteiger partial charge on any atom is 0.321 e. The number of hydrogen-bond acceptors (Lipinski definition) is 2. The van der Waals surface area contributed by atoms with E-state index in [2.05, 4.69) is 0 Å². The predicted octanol–water partition coefficient (Wildman–Crippen LogP) is 3.60. The highest BCUT2D eigenvalue weighted by atomic mass is 32.2. The summed E-state index contributed by atoms with van der Waals surface area (Å²) in [6.07, 6.45) is 0. The summed E-state index contributed by atoms with van der Waals surface area (Å²) in [5, 5.41) is 8.71. The van der Waals surface area contributed by atoms with Gasteiger partial charge in [0.15, 0.2) is 0 Å². The first-order chi connectivity index (χ1) is 8.27. The van der Waals surface area contributed by atoms with E-state index >= 15 is 0 Å². The minimum Gasteiger partial charge on any atom is -0.480 e. The third kappa shape index (κ3) is 3.11. The zero-order chi connectivity index (χ0) is 12.1. The Hall–Kier alpha value is -1.74. The first-order valence-corrected chi connectivity index (χ1v) is 6.15. The molecule has 2 aromatic carbocycles. The first kappa shape index (κ1) is 11.7. The number of benzene rings is 2. The zero-order valence-corrected chi connectivity index (χ0v) is 9.93. The number of carboxylic acids is 1.